The SMILES string of the molecule is CC1CC=Cc2cc(-c3cc(-c4cc5ccccc5o4)c4ccc5ccc(-c6cc7ccccc7o6)c6ccc3c4c56)ccc21. The number of hydrogen-bond donors (Lipinski definition) is 0. The van der Waals surface area contributed by atoms with Crippen LogP contribution in [0.15, 0.2) is 136 Å². The second-order valence-electron chi connectivity index (χ2n) is 12.5. The van der Waals surface area contributed by atoms with Crippen molar-refractivity contribution in [2.45, 2.75) is 19.3 Å². The molecule has 2 heteroatoms. The summed E-state index contributed by atoms with van der Waals surface area (Å²) in [6.45, 7) is 2.32. The Morgan fingerprint density at radius 2 is 1.18 bits per heavy atom. The lowest BCUT2D eigenvalue weighted by Crippen LogP contribution is -2.00. The molecule has 1 aliphatic rings. The van der Waals surface area contributed by atoms with Crippen molar-refractivity contribution in [1.29, 1.82) is 0 Å². The fourth-order valence-corrected chi connectivity index (χ4v) is 7.65. The lowest BCUT2D eigenvalue weighted by atomic mass is 9.83. The lowest BCUT2D eigenvalue weighted by Gasteiger charge is -2.21. The van der Waals surface area contributed by atoms with E-state index >= 15 is 0 Å². The van der Waals surface area contributed by atoms with Crippen molar-refractivity contribution in [2.24, 2.45) is 0 Å². The lowest BCUT2D eigenvalue weighted by molar-refractivity contribution is 0.632. The van der Waals surface area contributed by atoms with Crippen LogP contribution in [-0.4, -0.2) is 0 Å². The molecule has 0 radical (unpaired) electrons. The summed E-state index contributed by atoms with van der Waals surface area (Å²) in [6.07, 6.45) is 5.68. The fourth-order valence-electron chi connectivity index (χ4n) is 7.65. The highest BCUT2D eigenvalue weighted by Gasteiger charge is 2.22. The minimum absolute atomic E-state index is 0.531. The first-order chi connectivity index (χ1) is 22.2. The average Bonchev–Trinajstić information content (AvgIpc) is 3.71. The zero-order valence-electron chi connectivity index (χ0n) is 24.8. The van der Waals surface area contributed by atoms with Gasteiger partial charge in [-0.15, -0.1) is 0 Å². The summed E-state index contributed by atoms with van der Waals surface area (Å²) in [7, 11) is 0. The van der Waals surface area contributed by atoms with Crippen LogP contribution in [-0.2, 0) is 0 Å². The molecule has 212 valence electrons. The number of fused-ring (bicyclic) bond motifs is 3. The van der Waals surface area contributed by atoms with Crippen LogP contribution in [0.25, 0.3) is 94.1 Å². The second kappa shape index (κ2) is 9.20. The molecule has 0 aliphatic heterocycles. The summed E-state index contributed by atoms with van der Waals surface area (Å²) in [4.78, 5) is 0. The van der Waals surface area contributed by atoms with E-state index in [1.807, 2.05) is 24.3 Å². The third kappa shape index (κ3) is 3.63. The van der Waals surface area contributed by atoms with Crippen molar-refractivity contribution < 1.29 is 8.83 Å². The monoisotopic (exact) mass is 576 g/mol. The normalized spacial score (nSPS) is 14.8. The molecule has 0 saturated carbocycles. The zero-order chi connectivity index (χ0) is 29.6. The number of para-hydroxylation sites is 2. The smallest absolute Gasteiger partial charge is 0.136 e. The average molecular weight is 577 g/mol. The Balaban J connectivity index is 1.31. The Bertz CT molecular complexity index is 2580. The maximum Gasteiger partial charge on any atom is 0.136 e. The number of allylic oxidation sites excluding steroid dienone is 1. The summed E-state index contributed by atoms with van der Waals surface area (Å²) >= 11 is 0. The van der Waals surface area contributed by atoms with E-state index in [2.05, 4.69) is 116 Å². The van der Waals surface area contributed by atoms with Crippen LogP contribution in [0.5, 0.6) is 0 Å². The predicted molar refractivity (Wildman–Crippen MR) is 188 cm³/mol. The van der Waals surface area contributed by atoms with Gasteiger partial charge in [0.1, 0.15) is 22.7 Å². The van der Waals surface area contributed by atoms with Gasteiger partial charge in [0.2, 0.25) is 0 Å². The summed E-state index contributed by atoms with van der Waals surface area (Å²) in [5.74, 6) is 2.31. The Morgan fingerprint density at radius 3 is 1.93 bits per heavy atom. The minimum atomic E-state index is 0.531. The van der Waals surface area contributed by atoms with Crippen LogP contribution in [0.2, 0.25) is 0 Å². The molecule has 2 aromatic heterocycles. The van der Waals surface area contributed by atoms with Gasteiger partial charge in [0.15, 0.2) is 0 Å². The van der Waals surface area contributed by atoms with Gasteiger partial charge in [0.25, 0.3) is 0 Å². The molecular formula is C43H28O2. The van der Waals surface area contributed by atoms with Crippen LogP contribution in [0.1, 0.15) is 30.4 Å². The van der Waals surface area contributed by atoms with E-state index in [0.717, 1.165) is 51.0 Å². The van der Waals surface area contributed by atoms with Crippen molar-refractivity contribution in [1.82, 2.24) is 0 Å². The molecule has 1 aliphatic carbocycles. The molecule has 0 amide bonds. The van der Waals surface area contributed by atoms with Gasteiger partial charge < -0.3 is 8.83 Å². The van der Waals surface area contributed by atoms with Crippen LogP contribution in [0, 0.1) is 0 Å². The number of hydrogen-bond acceptors (Lipinski definition) is 2. The predicted octanol–water partition coefficient (Wildman–Crippen LogP) is 12.6. The van der Waals surface area contributed by atoms with E-state index in [-0.39, 0.29) is 0 Å². The Kier molecular flexibility index (Phi) is 5.07. The second-order valence-corrected chi connectivity index (χ2v) is 12.5. The Labute approximate surface area is 260 Å². The van der Waals surface area contributed by atoms with Crippen molar-refractivity contribution >= 4 is 60.3 Å². The number of furan rings is 2. The summed E-state index contributed by atoms with van der Waals surface area (Å²) < 4.78 is 12.9. The van der Waals surface area contributed by atoms with E-state index < -0.39 is 0 Å². The molecule has 0 spiro atoms. The molecular weight excluding hydrogens is 548 g/mol. The van der Waals surface area contributed by atoms with Crippen molar-refractivity contribution in [2.75, 3.05) is 0 Å². The molecule has 0 saturated heterocycles. The van der Waals surface area contributed by atoms with E-state index in [4.69, 9.17) is 8.83 Å². The van der Waals surface area contributed by atoms with Crippen LogP contribution < -0.4 is 0 Å². The first kappa shape index (κ1) is 24.8. The fraction of sp³-hybridized carbons (Fsp3) is 0.0698. The van der Waals surface area contributed by atoms with Gasteiger partial charge in [-0.3, -0.25) is 0 Å². The molecule has 0 fully saturated rings. The minimum Gasteiger partial charge on any atom is -0.456 e. The summed E-state index contributed by atoms with van der Waals surface area (Å²) in [5, 5.41) is 9.60. The van der Waals surface area contributed by atoms with Crippen LogP contribution >= 0.6 is 0 Å². The van der Waals surface area contributed by atoms with Gasteiger partial charge in [0, 0.05) is 21.9 Å². The zero-order valence-corrected chi connectivity index (χ0v) is 24.8. The molecule has 1 unspecified atom stereocenters. The van der Waals surface area contributed by atoms with Crippen molar-refractivity contribution in [3.63, 3.8) is 0 Å². The molecule has 0 bridgehead atoms. The Morgan fingerprint density at radius 1 is 0.533 bits per heavy atom. The molecule has 10 rings (SSSR count). The van der Waals surface area contributed by atoms with Crippen LogP contribution in [0.3, 0.4) is 0 Å². The third-order valence-corrected chi connectivity index (χ3v) is 9.88. The highest BCUT2D eigenvalue weighted by atomic mass is 16.3. The maximum absolute atomic E-state index is 6.54. The molecule has 9 aromatic rings. The van der Waals surface area contributed by atoms with Crippen LogP contribution in [0.4, 0.5) is 0 Å². The van der Waals surface area contributed by atoms with Gasteiger partial charge in [-0.25, -0.2) is 0 Å². The molecule has 0 N–H and O–H groups in total. The van der Waals surface area contributed by atoms with E-state index in [9.17, 15) is 0 Å². The topological polar surface area (TPSA) is 26.3 Å². The van der Waals surface area contributed by atoms with E-state index in [1.54, 1.807) is 0 Å². The number of benzene rings is 7. The molecule has 7 aromatic carbocycles. The molecule has 2 heterocycles. The van der Waals surface area contributed by atoms with Crippen molar-refractivity contribution in [3.05, 3.63) is 139 Å². The number of rotatable bonds is 3. The van der Waals surface area contributed by atoms with Gasteiger partial charge in [-0.1, -0.05) is 97.9 Å². The quantitative estimate of drug-likeness (QED) is 0.196. The largest absolute Gasteiger partial charge is 0.456 e. The van der Waals surface area contributed by atoms with E-state index in [1.165, 1.54) is 54.6 Å². The highest BCUT2D eigenvalue weighted by Crippen LogP contribution is 2.47. The Hall–Kier alpha value is -5.60. The molecule has 1 atom stereocenters. The van der Waals surface area contributed by atoms with Gasteiger partial charge in [-0.2, -0.15) is 0 Å². The summed E-state index contributed by atoms with van der Waals surface area (Å²) in [6, 6.07) is 43.8. The van der Waals surface area contributed by atoms with E-state index in [0.29, 0.717) is 5.92 Å². The molecule has 45 heavy (non-hydrogen) atoms. The van der Waals surface area contributed by atoms with Gasteiger partial charge >= 0.3 is 0 Å². The van der Waals surface area contributed by atoms with Gasteiger partial charge in [-0.05, 0) is 109 Å². The van der Waals surface area contributed by atoms with Crippen molar-refractivity contribution in [3.8, 4) is 33.8 Å². The van der Waals surface area contributed by atoms with Gasteiger partial charge in [0.05, 0.1) is 0 Å². The first-order valence-corrected chi connectivity index (χ1v) is 15.7. The summed E-state index contributed by atoms with van der Waals surface area (Å²) in [5.41, 5.74) is 9.20. The standard InChI is InChI=1S/C43H28O2/c1-25-7-6-10-27-21-28(15-16-31(25)27)36-24-37(41-23-30-9-3-5-12-39(30)45-41)35-18-14-26-13-17-32(33-19-20-34(36)43(35)42(26)33)40-22-29-8-2-4-11-38(29)44-40/h2-6,8-25H,7H2,1H3. The third-order valence-electron chi connectivity index (χ3n) is 9.88. The highest BCUT2D eigenvalue weighted by molar-refractivity contribution is 6.29. The maximum atomic E-state index is 6.54. The first-order valence-electron chi connectivity index (χ1n) is 15.7. The molecule has 2 nitrogen and oxygen atoms in total.